The molecule has 1 unspecified atom stereocenters. The predicted molar refractivity (Wildman–Crippen MR) is 115 cm³/mol. The maximum Gasteiger partial charge on any atom is 0.225 e. The zero-order chi connectivity index (χ0) is 21.8. The zero-order valence-corrected chi connectivity index (χ0v) is 17.2. The number of nitrogens with one attached hydrogen (secondary N) is 3. The van der Waals surface area contributed by atoms with Crippen molar-refractivity contribution in [2.24, 2.45) is 5.92 Å². The van der Waals surface area contributed by atoms with Crippen LogP contribution in [0.25, 0.3) is 0 Å². The number of carbonyl (C=O) groups is 2. The number of halogens is 2. The second kappa shape index (κ2) is 9.32. The van der Waals surface area contributed by atoms with E-state index >= 15 is 0 Å². The average molecular weight is 428 g/mol. The minimum atomic E-state index is -0.566. The fourth-order valence-electron chi connectivity index (χ4n) is 4.05. The van der Waals surface area contributed by atoms with Gasteiger partial charge >= 0.3 is 0 Å². The number of anilines is 3. The molecule has 0 saturated carbocycles. The molecule has 2 saturated heterocycles. The van der Waals surface area contributed by atoms with E-state index in [4.69, 9.17) is 0 Å². The Bertz CT molecular complexity index is 936. The van der Waals surface area contributed by atoms with E-state index in [0.29, 0.717) is 37.6 Å². The van der Waals surface area contributed by atoms with Crippen molar-refractivity contribution >= 4 is 28.9 Å². The normalized spacial score (nSPS) is 18.6. The molecule has 2 aliphatic rings. The van der Waals surface area contributed by atoms with Crippen LogP contribution in [-0.4, -0.2) is 31.4 Å². The van der Waals surface area contributed by atoms with Crippen LogP contribution < -0.4 is 20.9 Å². The molecule has 0 bridgehead atoms. The fraction of sp³-hybridized carbons (Fsp3) is 0.391. The molecule has 2 aromatic rings. The van der Waals surface area contributed by atoms with E-state index < -0.39 is 11.6 Å². The van der Waals surface area contributed by atoms with Crippen molar-refractivity contribution in [3.63, 3.8) is 0 Å². The van der Waals surface area contributed by atoms with E-state index in [9.17, 15) is 18.4 Å². The first kappa shape index (κ1) is 21.1. The Morgan fingerprint density at radius 3 is 2.32 bits per heavy atom. The summed E-state index contributed by atoms with van der Waals surface area (Å²) < 4.78 is 29.2. The summed E-state index contributed by atoms with van der Waals surface area (Å²) in [4.78, 5) is 25.1. The highest BCUT2D eigenvalue weighted by atomic mass is 19.1. The smallest absolute Gasteiger partial charge is 0.225 e. The van der Waals surface area contributed by atoms with Crippen LogP contribution in [-0.2, 0) is 16.1 Å². The third-order valence-electron chi connectivity index (χ3n) is 5.75. The van der Waals surface area contributed by atoms with Gasteiger partial charge in [0.05, 0.1) is 5.92 Å². The summed E-state index contributed by atoms with van der Waals surface area (Å²) in [6.07, 6.45) is 3.21. The first-order valence-electron chi connectivity index (χ1n) is 10.6. The van der Waals surface area contributed by atoms with E-state index in [1.165, 1.54) is 12.1 Å². The topological polar surface area (TPSA) is 73.5 Å². The zero-order valence-electron chi connectivity index (χ0n) is 17.2. The first-order valence-corrected chi connectivity index (χ1v) is 10.6. The van der Waals surface area contributed by atoms with Crippen LogP contribution in [0.3, 0.4) is 0 Å². The van der Waals surface area contributed by atoms with E-state index in [2.05, 4.69) is 16.0 Å². The quantitative estimate of drug-likeness (QED) is 0.659. The lowest BCUT2D eigenvalue weighted by Gasteiger charge is -2.29. The molecule has 0 aromatic heterocycles. The van der Waals surface area contributed by atoms with Crippen molar-refractivity contribution in [2.75, 3.05) is 29.9 Å². The fourth-order valence-corrected chi connectivity index (χ4v) is 4.05. The van der Waals surface area contributed by atoms with Gasteiger partial charge in [0.25, 0.3) is 0 Å². The number of nitrogens with zero attached hydrogens (tertiary/aromatic N) is 1. The molecule has 6 nitrogen and oxygen atoms in total. The molecular weight excluding hydrogens is 402 g/mol. The Balaban J connectivity index is 1.35. The summed E-state index contributed by atoms with van der Waals surface area (Å²) in [5.74, 6) is -1.72. The molecular formula is C23H26F2N4O2. The Morgan fingerprint density at radius 2 is 1.71 bits per heavy atom. The second-order valence-corrected chi connectivity index (χ2v) is 8.08. The molecule has 2 fully saturated rings. The predicted octanol–water partition coefficient (Wildman–Crippen LogP) is 3.45. The van der Waals surface area contributed by atoms with Gasteiger partial charge in [-0.25, -0.2) is 8.78 Å². The van der Waals surface area contributed by atoms with Gasteiger partial charge < -0.3 is 20.9 Å². The minimum absolute atomic E-state index is 0.0514. The molecule has 1 atom stereocenters. The SMILES string of the molecule is O=C1CC(C(=O)NCc2ccc(Nc3cc(F)c(N4CCCCC4)c(F)c3)cc2)CN1. The number of amides is 2. The second-order valence-electron chi connectivity index (χ2n) is 8.08. The first-order chi connectivity index (χ1) is 15.0. The van der Waals surface area contributed by atoms with Crippen molar-refractivity contribution in [3.05, 3.63) is 53.6 Å². The highest BCUT2D eigenvalue weighted by Crippen LogP contribution is 2.30. The molecule has 0 radical (unpaired) electrons. The molecule has 8 heteroatoms. The Labute approximate surface area is 180 Å². The molecule has 3 N–H and O–H groups in total. The molecule has 2 heterocycles. The molecule has 31 heavy (non-hydrogen) atoms. The highest BCUT2D eigenvalue weighted by molar-refractivity contribution is 5.89. The lowest BCUT2D eigenvalue weighted by molar-refractivity contribution is -0.126. The number of hydrogen-bond acceptors (Lipinski definition) is 4. The summed E-state index contributed by atoms with van der Waals surface area (Å²) in [5, 5.41) is 8.50. The Hall–Kier alpha value is -3.16. The molecule has 164 valence electrons. The maximum atomic E-state index is 14.6. The third-order valence-corrected chi connectivity index (χ3v) is 5.75. The monoisotopic (exact) mass is 428 g/mol. The van der Waals surface area contributed by atoms with Crippen LogP contribution in [0.4, 0.5) is 25.8 Å². The van der Waals surface area contributed by atoms with Crippen molar-refractivity contribution < 1.29 is 18.4 Å². The molecule has 0 spiro atoms. The number of piperidine rings is 1. The average Bonchev–Trinajstić information content (AvgIpc) is 3.20. The van der Waals surface area contributed by atoms with Gasteiger partial charge in [0.15, 0.2) is 11.6 Å². The van der Waals surface area contributed by atoms with Crippen LogP contribution in [0.1, 0.15) is 31.2 Å². The van der Waals surface area contributed by atoms with Crippen LogP contribution in [0.2, 0.25) is 0 Å². The van der Waals surface area contributed by atoms with Crippen molar-refractivity contribution in [1.29, 1.82) is 0 Å². The van der Waals surface area contributed by atoms with Gasteiger partial charge in [-0.2, -0.15) is 0 Å². The molecule has 2 amide bonds. The van der Waals surface area contributed by atoms with Gasteiger partial charge in [0.1, 0.15) is 5.69 Å². The summed E-state index contributed by atoms with van der Waals surface area (Å²) in [6.45, 7) is 2.06. The van der Waals surface area contributed by atoms with Crippen LogP contribution >= 0.6 is 0 Å². The summed E-state index contributed by atoms with van der Waals surface area (Å²) in [6, 6.07) is 9.87. The van der Waals surface area contributed by atoms with E-state index in [-0.39, 0.29) is 29.8 Å². The third kappa shape index (κ3) is 5.13. The largest absolute Gasteiger partial charge is 0.367 e. The van der Waals surface area contributed by atoms with E-state index in [1.807, 2.05) is 12.1 Å². The van der Waals surface area contributed by atoms with Crippen molar-refractivity contribution in [1.82, 2.24) is 10.6 Å². The number of carbonyl (C=O) groups excluding carboxylic acids is 2. The Kier molecular flexibility index (Phi) is 6.34. The van der Waals surface area contributed by atoms with Crippen LogP contribution in [0, 0.1) is 17.6 Å². The van der Waals surface area contributed by atoms with Crippen molar-refractivity contribution in [2.45, 2.75) is 32.2 Å². The van der Waals surface area contributed by atoms with Gasteiger partial charge in [0, 0.05) is 44.0 Å². The molecule has 2 aliphatic heterocycles. The van der Waals surface area contributed by atoms with Crippen molar-refractivity contribution in [3.8, 4) is 0 Å². The molecule has 0 aliphatic carbocycles. The standard InChI is InChI=1S/C23H26F2N4O2/c24-19-11-18(12-20(25)22(19)29-8-2-1-3-9-29)28-17-6-4-15(5-7-17)13-27-23(31)16-10-21(30)26-14-16/h4-7,11-12,16,28H,1-3,8-10,13-14H2,(H,26,30)(H,27,31). The lowest BCUT2D eigenvalue weighted by Crippen LogP contribution is -2.31. The van der Waals surface area contributed by atoms with Gasteiger partial charge in [-0.05, 0) is 49.1 Å². The van der Waals surface area contributed by atoms with Gasteiger partial charge in [-0.1, -0.05) is 12.1 Å². The molecule has 4 rings (SSSR count). The molecule has 2 aromatic carbocycles. The summed E-state index contributed by atoms with van der Waals surface area (Å²) in [7, 11) is 0. The Morgan fingerprint density at radius 1 is 1.03 bits per heavy atom. The van der Waals surface area contributed by atoms with E-state index in [0.717, 1.165) is 24.8 Å². The summed E-state index contributed by atoms with van der Waals surface area (Å²) >= 11 is 0. The van der Waals surface area contributed by atoms with Gasteiger partial charge in [-0.3, -0.25) is 9.59 Å². The maximum absolute atomic E-state index is 14.6. The van der Waals surface area contributed by atoms with Crippen LogP contribution in [0.15, 0.2) is 36.4 Å². The number of benzene rings is 2. The van der Waals surface area contributed by atoms with Gasteiger partial charge in [-0.15, -0.1) is 0 Å². The lowest BCUT2D eigenvalue weighted by atomic mass is 10.1. The highest BCUT2D eigenvalue weighted by Gasteiger charge is 2.27. The number of rotatable bonds is 6. The van der Waals surface area contributed by atoms with Gasteiger partial charge in [0.2, 0.25) is 11.8 Å². The number of hydrogen-bond donors (Lipinski definition) is 3. The minimum Gasteiger partial charge on any atom is -0.367 e. The van der Waals surface area contributed by atoms with Crippen LogP contribution in [0.5, 0.6) is 0 Å². The van der Waals surface area contributed by atoms with E-state index in [1.54, 1.807) is 17.0 Å². The summed E-state index contributed by atoms with van der Waals surface area (Å²) in [5.41, 5.74) is 1.96.